The molecule has 0 saturated carbocycles. The Kier molecular flexibility index (Phi) is 8.90. The Morgan fingerprint density at radius 2 is 1.37 bits per heavy atom. The van der Waals surface area contributed by atoms with Crippen LogP contribution >= 0.6 is 0 Å². The van der Waals surface area contributed by atoms with Crippen LogP contribution in [0.3, 0.4) is 0 Å². The van der Waals surface area contributed by atoms with Crippen LogP contribution in [0.1, 0.15) is 61.3 Å². The lowest BCUT2D eigenvalue weighted by Gasteiger charge is -2.35. The SMILES string of the molecule is CCC1OC(=O)[C@H](C)[C@@H](O)[C@H](C)[C@@H](O)C(C)C[C@@H](C)C(=O)[C@H](C)[C@@H](O)[C@H]1C. The summed E-state index contributed by atoms with van der Waals surface area (Å²) >= 11 is 0. The number of hydrogen-bond donors (Lipinski definition) is 3. The van der Waals surface area contributed by atoms with Crippen LogP contribution in [0.4, 0.5) is 0 Å². The van der Waals surface area contributed by atoms with Crippen molar-refractivity contribution in [1.82, 2.24) is 0 Å². The van der Waals surface area contributed by atoms with Crippen molar-refractivity contribution in [3.05, 3.63) is 0 Å². The Bertz CT molecular complexity index is 507. The molecule has 1 heterocycles. The van der Waals surface area contributed by atoms with E-state index in [1.807, 2.05) is 20.8 Å². The minimum absolute atomic E-state index is 0.0618. The summed E-state index contributed by atoms with van der Waals surface area (Å²) < 4.78 is 5.58. The predicted octanol–water partition coefficient (Wildman–Crippen LogP) is 2.18. The van der Waals surface area contributed by atoms with Gasteiger partial charge < -0.3 is 20.1 Å². The molecule has 3 N–H and O–H groups in total. The summed E-state index contributed by atoms with van der Waals surface area (Å²) in [5.74, 6) is -3.48. The van der Waals surface area contributed by atoms with Gasteiger partial charge in [0.1, 0.15) is 11.9 Å². The van der Waals surface area contributed by atoms with Crippen LogP contribution in [0.15, 0.2) is 0 Å². The Morgan fingerprint density at radius 1 is 0.852 bits per heavy atom. The van der Waals surface area contributed by atoms with Gasteiger partial charge in [-0.3, -0.25) is 9.59 Å². The monoisotopic (exact) mass is 386 g/mol. The van der Waals surface area contributed by atoms with E-state index in [-0.39, 0.29) is 17.6 Å². The third kappa shape index (κ3) is 5.52. The molecule has 0 spiro atoms. The van der Waals surface area contributed by atoms with Gasteiger partial charge in [-0.1, -0.05) is 41.5 Å². The Morgan fingerprint density at radius 3 is 1.89 bits per heavy atom. The van der Waals surface area contributed by atoms with E-state index in [4.69, 9.17) is 4.74 Å². The first-order valence-corrected chi connectivity index (χ1v) is 10.2. The number of ketones is 1. The number of carbonyl (C=O) groups excluding carboxylic acids is 2. The van der Waals surface area contributed by atoms with Crippen LogP contribution < -0.4 is 0 Å². The summed E-state index contributed by atoms with van der Waals surface area (Å²) in [5.41, 5.74) is 0. The van der Waals surface area contributed by atoms with Crippen molar-refractivity contribution in [2.45, 2.75) is 85.7 Å². The number of esters is 1. The number of aliphatic hydroxyl groups is 3. The number of aliphatic hydroxyl groups excluding tert-OH is 3. The maximum atomic E-state index is 12.8. The molecule has 0 aromatic rings. The average Bonchev–Trinajstić information content (AvgIpc) is 2.66. The van der Waals surface area contributed by atoms with Gasteiger partial charge in [0.05, 0.1) is 24.2 Å². The second-order valence-corrected chi connectivity index (χ2v) is 8.67. The second-order valence-electron chi connectivity index (χ2n) is 8.67. The zero-order valence-electron chi connectivity index (χ0n) is 17.8. The van der Waals surface area contributed by atoms with Crippen molar-refractivity contribution in [1.29, 1.82) is 0 Å². The van der Waals surface area contributed by atoms with E-state index in [0.717, 1.165) is 0 Å². The predicted molar refractivity (Wildman–Crippen MR) is 103 cm³/mol. The van der Waals surface area contributed by atoms with Crippen molar-refractivity contribution in [2.75, 3.05) is 0 Å². The topological polar surface area (TPSA) is 104 Å². The van der Waals surface area contributed by atoms with Crippen LogP contribution in [0.25, 0.3) is 0 Å². The summed E-state index contributed by atoms with van der Waals surface area (Å²) in [6.45, 7) is 12.3. The third-order valence-corrected chi connectivity index (χ3v) is 6.51. The molecule has 158 valence electrons. The first-order valence-electron chi connectivity index (χ1n) is 10.2. The molecule has 1 rings (SSSR count). The zero-order valence-corrected chi connectivity index (χ0v) is 17.8. The van der Waals surface area contributed by atoms with Crippen LogP contribution in [0, 0.1) is 35.5 Å². The van der Waals surface area contributed by atoms with Gasteiger partial charge in [0, 0.05) is 23.7 Å². The Balaban J connectivity index is 3.23. The van der Waals surface area contributed by atoms with Gasteiger partial charge in [-0.25, -0.2) is 0 Å². The Hall–Kier alpha value is -0.980. The molecule has 0 aliphatic carbocycles. The third-order valence-electron chi connectivity index (χ3n) is 6.51. The standard InChI is InChI=1S/C21H38O6/c1-8-16-12(4)19(24)13(5)17(22)10(2)9-11(3)18(23)14(6)20(25)15(7)21(26)27-16/h10-16,18-20,23-25H,8-9H2,1-7H3/t10-,11?,12+,13+,14-,15-,16?,18+,19+,20+/m1/s1. The van der Waals surface area contributed by atoms with Gasteiger partial charge in [-0.15, -0.1) is 0 Å². The molecule has 1 saturated heterocycles. The van der Waals surface area contributed by atoms with Crippen LogP contribution in [-0.4, -0.2) is 51.5 Å². The Labute approximate surface area is 163 Å². The van der Waals surface area contributed by atoms with Crippen LogP contribution in [0.2, 0.25) is 0 Å². The van der Waals surface area contributed by atoms with Gasteiger partial charge in [-0.2, -0.15) is 0 Å². The lowest BCUT2D eigenvalue weighted by Crippen LogP contribution is -2.45. The molecule has 0 radical (unpaired) electrons. The van der Waals surface area contributed by atoms with E-state index >= 15 is 0 Å². The summed E-state index contributed by atoms with van der Waals surface area (Å²) in [7, 11) is 0. The number of carbonyl (C=O) groups is 2. The molecule has 0 aromatic heterocycles. The molecular weight excluding hydrogens is 348 g/mol. The second kappa shape index (κ2) is 9.99. The fraction of sp³-hybridized carbons (Fsp3) is 0.905. The smallest absolute Gasteiger partial charge is 0.311 e. The normalized spacial score (nSPS) is 45.9. The number of ether oxygens (including phenoxy) is 1. The number of cyclic esters (lactones) is 1. The quantitative estimate of drug-likeness (QED) is 0.597. The molecule has 1 aliphatic rings. The molecule has 0 bridgehead atoms. The van der Waals surface area contributed by atoms with Gasteiger partial charge in [0.2, 0.25) is 0 Å². The lowest BCUT2D eigenvalue weighted by molar-refractivity contribution is -0.166. The van der Waals surface area contributed by atoms with E-state index in [1.54, 1.807) is 27.7 Å². The zero-order chi connectivity index (χ0) is 21.0. The van der Waals surface area contributed by atoms with Crippen molar-refractivity contribution >= 4 is 11.8 Å². The van der Waals surface area contributed by atoms with E-state index in [0.29, 0.717) is 12.8 Å². The molecule has 1 aliphatic heterocycles. The number of Topliss-reactive ketones (excluding diaryl/α,β-unsaturated/α-hetero) is 1. The van der Waals surface area contributed by atoms with Crippen LogP contribution in [0.5, 0.6) is 0 Å². The summed E-state index contributed by atoms with van der Waals surface area (Å²) in [6, 6.07) is 0. The molecule has 0 amide bonds. The highest BCUT2D eigenvalue weighted by molar-refractivity contribution is 5.83. The molecule has 2 unspecified atom stereocenters. The van der Waals surface area contributed by atoms with Gasteiger partial charge >= 0.3 is 5.97 Å². The highest BCUT2D eigenvalue weighted by Gasteiger charge is 2.39. The van der Waals surface area contributed by atoms with Crippen molar-refractivity contribution in [3.63, 3.8) is 0 Å². The molecule has 10 atom stereocenters. The van der Waals surface area contributed by atoms with Gasteiger partial charge in [0.15, 0.2) is 0 Å². The van der Waals surface area contributed by atoms with Crippen molar-refractivity contribution in [3.8, 4) is 0 Å². The molecule has 6 heteroatoms. The van der Waals surface area contributed by atoms with E-state index in [9.17, 15) is 24.9 Å². The van der Waals surface area contributed by atoms with Crippen LogP contribution in [-0.2, 0) is 14.3 Å². The molecule has 0 aromatic carbocycles. The maximum absolute atomic E-state index is 12.8. The summed E-state index contributed by atoms with van der Waals surface area (Å²) in [6.07, 6.45) is -2.43. The van der Waals surface area contributed by atoms with Gasteiger partial charge in [0.25, 0.3) is 0 Å². The molecule has 6 nitrogen and oxygen atoms in total. The first-order chi connectivity index (χ1) is 12.4. The first kappa shape index (κ1) is 24.1. The average molecular weight is 387 g/mol. The molecular formula is C21H38O6. The molecule has 1 fully saturated rings. The van der Waals surface area contributed by atoms with E-state index in [2.05, 4.69) is 0 Å². The minimum Gasteiger partial charge on any atom is -0.462 e. The van der Waals surface area contributed by atoms with E-state index < -0.39 is 54.1 Å². The fourth-order valence-corrected chi connectivity index (χ4v) is 4.24. The summed E-state index contributed by atoms with van der Waals surface area (Å²) in [5, 5.41) is 31.9. The van der Waals surface area contributed by atoms with Gasteiger partial charge in [-0.05, 0) is 25.7 Å². The maximum Gasteiger partial charge on any atom is 0.311 e. The number of hydrogen-bond acceptors (Lipinski definition) is 6. The highest BCUT2D eigenvalue weighted by atomic mass is 16.5. The largest absolute Gasteiger partial charge is 0.462 e. The number of rotatable bonds is 1. The lowest BCUT2D eigenvalue weighted by atomic mass is 9.77. The van der Waals surface area contributed by atoms with E-state index in [1.165, 1.54) is 0 Å². The fourth-order valence-electron chi connectivity index (χ4n) is 4.24. The minimum atomic E-state index is -1.06. The highest BCUT2D eigenvalue weighted by Crippen LogP contribution is 2.30. The summed E-state index contributed by atoms with van der Waals surface area (Å²) in [4.78, 5) is 25.3. The molecule has 27 heavy (non-hydrogen) atoms. The van der Waals surface area contributed by atoms with Crippen molar-refractivity contribution in [2.24, 2.45) is 35.5 Å². The van der Waals surface area contributed by atoms with Crippen molar-refractivity contribution < 1.29 is 29.6 Å².